The van der Waals surface area contributed by atoms with E-state index in [9.17, 15) is 4.79 Å². The number of hydrogen-bond acceptors (Lipinski definition) is 5. The lowest BCUT2D eigenvalue weighted by molar-refractivity contribution is -0.144. The molecule has 6 heteroatoms. The second kappa shape index (κ2) is 7.45. The van der Waals surface area contributed by atoms with E-state index in [0.717, 1.165) is 11.1 Å². The van der Waals surface area contributed by atoms with Crippen molar-refractivity contribution >= 4 is 17.6 Å². The molecule has 0 spiro atoms. The molecule has 24 heavy (non-hydrogen) atoms. The summed E-state index contributed by atoms with van der Waals surface area (Å²) in [4.78, 5) is 12.0. The Hall–Kier alpha value is -2.40. The number of methoxy groups -OCH3 is 1. The molecule has 1 aliphatic rings. The van der Waals surface area contributed by atoms with Gasteiger partial charge in [-0.25, -0.2) is 0 Å². The van der Waals surface area contributed by atoms with Crippen LogP contribution in [0.3, 0.4) is 0 Å². The highest BCUT2D eigenvalue weighted by molar-refractivity contribution is 6.32. The third-order valence-corrected chi connectivity index (χ3v) is 3.82. The minimum atomic E-state index is -0.325. The van der Waals surface area contributed by atoms with Crippen LogP contribution in [0.5, 0.6) is 17.2 Å². The Labute approximate surface area is 145 Å². The number of fused-ring (bicyclic) bond motifs is 1. The first-order valence-corrected chi connectivity index (χ1v) is 7.90. The summed E-state index contributed by atoms with van der Waals surface area (Å²) >= 11 is 6.17. The molecule has 0 atom stereocenters. The number of carbonyl (C=O) groups excluding carboxylic acids is 1. The van der Waals surface area contributed by atoms with Crippen molar-refractivity contribution in [2.24, 2.45) is 0 Å². The molecule has 126 valence electrons. The van der Waals surface area contributed by atoms with Crippen LogP contribution in [0.1, 0.15) is 11.1 Å². The number of rotatable bonds is 5. The van der Waals surface area contributed by atoms with Gasteiger partial charge < -0.3 is 18.9 Å². The molecule has 1 heterocycles. The number of hydrogen-bond donors (Lipinski definition) is 0. The Balaban J connectivity index is 1.61. The minimum absolute atomic E-state index is 0.124. The number of ether oxygens (including phenoxy) is 4. The highest BCUT2D eigenvalue weighted by Gasteiger charge is 2.17. The van der Waals surface area contributed by atoms with Gasteiger partial charge in [-0.1, -0.05) is 23.7 Å². The number of esters is 1. The van der Waals surface area contributed by atoms with Crippen LogP contribution >= 0.6 is 11.6 Å². The van der Waals surface area contributed by atoms with Crippen molar-refractivity contribution in [2.45, 2.75) is 13.0 Å². The maximum atomic E-state index is 12.0. The zero-order valence-corrected chi connectivity index (χ0v) is 14.0. The lowest BCUT2D eigenvalue weighted by Crippen LogP contribution is -2.16. The Bertz CT molecular complexity index is 744. The molecule has 0 N–H and O–H groups in total. The fourth-order valence-electron chi connectivity index (χ4n) is 2.41. The van der Waals surface area contributed by atoms with Gasteiger partial charge in [0, 0.05) is 0 Å². The van der Waals surface area contributed by atoms with Gasteiger partial charge in [-0.3, -0.25) is 4.79 Å². The van der Waals surface area contributed by atoms with Gasteiger partial charge in [0.05, 0.1) is 18.6 Å². The molecular formula is C18H17ClO5. The van der Waals surface area contributed by atoms with Gasteiger partial charge in [-0.15, -0.1) is 0 Å². The summed E-state index contributed by atoms with van der Waals surface area (Å²) in [5, 5.41) is 0.450. The van der Waals surface area contributed by atoms with Gasteiger partial charge in [0.2, 0.25) is 0 Å². The van der Waals surface area contributed by atoms with Gasteiger partial charge in [0.25, 0.3) is 0 Å². The number of halogens is 1. The maximum absolute atomic E-state index is 12.0. The largest absolute Gasteiger partial charge is 0.497 e. The molecule has 0 unspecified atom stereocenters. The quantitative estimate of drug-likeness (QED) is 0.775. The molecular weight excluding hydrogens is 332 g/mol. The van der Waals surface area contributed by atoms with Gasteiger partial charge in [-0.05, 0) is 35.4 Å². The van der Waals surface area contributed by atoms with E-state index < -0.39 is 0 Å². The highest BCUT2D eigenvalue weighted by Crippen LogP contribution is 2.38. The van der Waals surface area contributed by atoms with E-state index in [2.05, 4.69) is 0 Å². The minimum Gasteiger partial charge on any atom is -0.497 e. The molecule has 2 aromatic carbocycles. The standard InChI is InChI=1S/C18H17ClO5/c1-21-14-4-2-3-12(7-14)10-17(20)24-11-13-8-15(19)18-16(9-13)22-5-6-23-18/h2-4,7-9H,5-6,10-11H2,1H3. The van der Waals surface area contributed by atoms with Gasteiger partial charge in [-0.2, -0.15) is 0 Å². The summed E-state index contributed by atoms with van der Waals surface area (Å²) in [6, 6.07) is 10.8. The predicted molar refractivity (Wildman–Crippen MR) is 88.9 cm³/mol. The summed E-state index contributed by atoms with van der Waals surface area (Å²) in [5.74, 6) is 1.50. The third kappa shape index (κ3) is 3.92. The van der Waals surface area contributed by atoms with Crippen molar-refractivity contribution in [3.05, 3.63) is 52.5 Å². The van der Waals surface area contributed by atoms with Gasteiger partial charge in [0.15, 0.2) is 11.5 Å². The van der Waals surface area contributed by atoms with E-state index in [1.54, 1.807) is 19.2 Å². The Morgan fingerprint density at radius 2 is 2.00 bits per heavy atom. The van der Waals surface area contributed by atoms with Crippen molar-refractivity contribution in [3.63, 3.8) is 0 Å². The highest BCUT2D eigenvalue weighted by atomic mass is 35.5. The van der Waals surface area contributed by atoms with E-state index in [1.807, 2.05) is 24.3 Å². The Kier molecular flexibility index (Phi) is 5.11. The Morgan fingerprint density at radius 1 is 1.17 bits per heavy atom. The molecule has 0 bridgehead atoms. The van der Waals surface area contributed by atoms with E-state index in [0.29, 0.717) is 35.5 Å². The van der Waals surface area contributed by atoms with E-state index in [1.165, 1.54) is 0 Å². The van der Waals surface area contributed by atoms with E-state index >= 15 is 0 Å². The number of carbonyl (C=O) groups is 1. The molecule has 0 fully saturated rings. The SMILES string of the molecule is COc1cccc(CC(=O)OCc2cc(Cl)c3c(c2)OCCO3)c1. The molecule has 0 radical (unpaired) electrons. The monoisotopic (exact) mass is 348 g/mol. The maximum Gasteiger partial charge on any atom is 0.310 e. The summed E-state index contributed by atoms with van der Waals surface area (Å²) in [7, 11) is 1.59. The van der Waals surface area contributed by atoms with Gasteiger partial charge >= 0.3 is 5.97 Å². The third-order valence-electron chi connectivity index (χ3n) is 3.54. The first kappa shape index (κ1) is 16.5. The lowest BCUT2D eigenvalue weighted by Gasteiger charge is -2.20. The molecule has 1 aliphatic heterocycles. The zero-order chi connectivity index (χ0) is 16.9. The summed E-state index contributed by atoms with van der Waals surface area (Å²) in [6.45, 7) is 1.07. The first-order valence-electron chi connectivity index (χ1n) is 7.52. The molecule has 0 aromatic heterocycles. The predicted octanol–water partition coefficient (Wildman–Crippen LogP) is 3.41. The first-order chi connectivity index (χ1) is 11.7. The zero-order valence-electron chi connectivity index (χ0n) is 13.2. The second-order valence-corrected chi connectivity index (χ2v) is 5.70. The Morgan fingerprint density at radius 3 is 2.83 bits per heavy atom. The normalized spacial score (nSPS) is 12.6. The van der Waals surface area contributed by atoms with Crippen LogP contribution < -0.4 is 14.2 Å². The molecule has 3 rings (SSSR count). The molecule has 0 saturated heterocycles. The fourth-order valence-corrected chi connectivity index (χ4v) is 2.70. The van der Waals surface area contributed by atoms with Crippen molar-refractivity contribution < 1.29 is 23.7 Å². The topological polar surface area (TPSA) is 54.0 Å². The van der Waals surface area contributed by atoms with Crippen molar-refractivity contribution in [2.75, 3.05) is 20.3 Å². The summed E-state index contributed by atoms with van der Waals surface area (Å²) < 4.78 is 21.4. The van der Waals surface area contributed by atoms with Crippen molar-refractivity contribution in [1.29, 1.82) is 0 Å². The van der Waals surface area contributed by atoms with Crippen LogP contribution in [0.25, 0.3) is 0 Å². The molecule has 2 aromatic rings. The van der Waals surface area contributed by atoms with Crippen LogP contribution in [-0.2, 0) is 22.6 Å². The second-order valence-electron chi connectivity index (χ2n) is 5.29. The van der Waals surface area contributed by atoms with Gasteiger partial charge in [0.1, 0.15) is 25.6 Å². The van der Waals surface area contributed by atoms with Crippen LogP contribution in [0.2, 0.25) is 5.02 Å². The summed E-state index contributed by atoms with van der Waals surface area (Å²) in [5.41, 5.74) is 1.59. The van der Waals surface area contributed by atoms with Crippen LogP contribution in [-0.4, -0.2) is 26.3 Å². The van der Waals surface area contributed by atoms with E-state index in [-0.39, 0.29) is 19.0 Å². The van der Waals surface area contributed by atoms with Crippen LogP contribution in [0.15, 0.2) is 36.4 Å². The average molecular weight is 349 g/mol. The molecule has 0 amide bonds. The summed E-state index contributed by atoms with van der Waals surface area (Å²) in [6.07, 6.45) is 0.176. The van der Waals surface area contributed by atoms with Crippen LogP contribution in [0.4, 0.5) is 0 Å². The van der Waals surface area contributed by atoms with Crippen molar-refractivity contribution in [3.8, 4) is 17.2 Å². The van der Waals surface area contributed by atoms with Crippen LogP contribution in [0, 0.1) is 0 Å². The molecule has 0 saturated carbocycles. The lowest BCUT2D eigenvalue weighted by atomic mass is 10.1. The number of benzene rings is 2. The van der Waals surface area contributed by atoms with Crippen molar-refractivity contribution in [1.82, 2.24) is 0 Å². The average Bonchev–Trinajstić information content (AvgIpc) is 2.60. The smallest absolute Gasteiger partial charge is 0.310 e. The van der Waals surface area contributed by atoms with E-state index in [4.69, 9.17) is 30.5 Å². The molecule has 0 aliphatic carbocycles. The fraction of sp³-hybridized carbons (Fsp3) is 0.278. The molecule has 5 nitrogen and oxygen atoms in total.